The second kappa shape index (κ2) is 6.30. The van der Waals surface area contributed by atoms with Gasteiger partial charge >= 0.3 is 12.2 Å². The average molecular weight is 417 g/mol. The van der Waals surface area contributed by atoms with Crippen molar-refractivity contribution in [3.8, 4) is 0 Å². The molecule has 0 saturated carbocycles. The molecule has 0 radical (unpaired) electrons. The van der Waals surface area contributed by atoms with Gasteiger partial charge in [-0.2, -0.15) is 13.2 Å². The number of fused-ring (bicyclic) bond motifs is 2. The summed E-state index contributed by atoms with van der Waals surface area (Å²) in [7, 11) is 0. The maximum absolute atomic E-state index is 13.2. The predicted molar refractivity (Wildman–Crippen MR) is 102 cm³/mol. The molecule has 2 aromatic rings. The fourth-order valence-electron chi connectivity index (χ4n) is 4.21. The number of aliphatic imine (C=N–C) groups is 1. The molecule has 30 heavy (non-hydrogen) atoms. The van der Waals surface area contributed by atoms with Gasteiger partial charge in [0.2, 0.25) is 5.79 Å². The summed E-state index contributed by atoms with van der Waals surface area (Å²) < 4.78 is 39.6. The first-order valence-corrected chi connectivity index (χ1v) is 9.31. The van der Waals surface area contributed by atoms with E-state index in [4.69, 9.17) is 0 Å². The molecule has 3 aliphatic heterocycles. The summed E-state index contributed by atoms with van der Waals surface area (Å²) in [6.07, 6.45) is -4.53. The number of carbonyl (C=O) groups excluding carboxylic acids is 2. The van der Waals surface area contributed by atoms with E-state index in [1.165, 1.54) is 11.0 Å². The molecule has 2 saturated heterocycles. The van der Waals surface area contributed by atoms with Crippen LogP contribution < -0.4 is 15.5 Å². The molecule has 3 aliphatic rings. The molecule has 1 unspecified atom stereocenters. The third-order valence-electron chi connectivity index (χ3n) is 5.55. The van der Waals surface area contributed by atoms with Gasteiger partial charge in [0.15, 0.2) is 5.71 Å². The molecule has 5 rings (SSSR count). The van der Waals surface area contributed by atoms with Gasteiger partial charge in [0.1, 0.15) is 0 Å². The Bertz CT molecular complexity index is 1090. The topological polar surface area (TPSA) is 77.0 Å². The van der Waals surface area contributed by atoms with E-state index in [0.717, 1.165) is 17.7 Å². The Morgan fingerprint density at radius 1 is 1.07 bits per heavy atom. The number of alkyl halides is 3. The summed E-state index contributed by atoms with van der Waals surface area (Å²) in [5.74, 6) is -2.09. The second-order valence-electron chi connectivity index (χ2n) is 7.24. The summed E-state index contributed by atoms with van der Waals surface area (Å²) in [5, 5.41) is 5.51. The molecule has 154 valence electrons. The van der Waals surface area contributed by atoms with Crippen LogP contribution in [0, 0.1) is 0 Å². The van der Waals surface area contributed by atoms with Gasteiger partial charge in [0, 0.05) is 19.6 Å². The van der Waals surface area contributed by atoms with Crippen LogP contribution in [-0.4, -0.2) is 41.4 Å². The van der Waals surface area contributed by atoms with Crippen LogP contribution >= 0.6 is 0 Å². The minimum atomic E-state index is -4.53. The molecule has 2 fully saturated rings. The van der Waals surface area contributed by atoms with E-state index in [1.807, 2.05) is 30.3 Å². The van der Waals surface area contributed by atoms with Gasteiger partial charge in [-0.25, -0.2) is 9.79 Å². The largest absolute Gasteiger partial charge is 0.416 e. The molecule has 0 spiro atoms. The van der Waals surface area contributed by atoms with Gasteiger partial charge in [-0.05, 0) is 23.8 Å². The van der Waals surface area contributed by atoms with Crippen molar-refractivity contribution in [2.45, 2.75) is 18.5 Å². The molecule has 0 bridgehead atoms. The van der Waals surface area contributed by atoms with E-state index in [-0.39, 0.29) is 17.9 Å². The zero-order chi connectivity index (χ0) is 21.1. The quantitative estimate of drug-likeness (QED) is 0.595. The number of imide groups is 1. The van der Waals surface area contributed by atoms with Crippen LogP contribution in [0.3, 0.4) is 0 Å². The monoisotopic (exact) mass is 417 g/mol. The van der Waals surface area contributed by atoms with E-state index in [2.05, 4.69) is 15.6 Å². The van der Waals surface area contributed by atoms with Crippen LogP contribution in [0.1, 0.15) is 11.1 Å². The molecule has 2 aromatic carbocycles. The van der Waals surface area contributed by atoms with Crippen LogP contribution in [0.25, 0.3) is 0 Å². The van der Waals surface area contributed by atoms with Crippen molar-refractivity contribution in [1.29, 1.82) is 0 Å². The molecule has 3 amide bonds. The molecule has 1 atom stereocenters. The predicted octanol–water partition coefficient (Wildman–Crippen LogP) is 2.61. The standard InChI is InChI=1S/C20H16F3N5O2/c21-19(22,23)13-6-7-15-14(10-13)25-16-17(29)26-18(30)28-9-8-27(15)20(16,28)24-11-12-4-2-1-3-5-12/h1-7,10,24H,8-9,11H2,(H,26,29,30)/i16+1,24+1. The summed E-state index contributed by atoms with van der Waals surface area (Å²) >= 11 is 0. The number of anilines is 1. The van der Waals surface area contributed by atoms with Crippen LogP contribution in [0.4, 0.5) is 29.3 Å². The first-order valence-electron chi connectivity index (χ1n) is 9.31. The van der Waals surface area contributed by atoms with Gasteiger partial charge in [0.05, 0.1) is 16.9 Å². The summed E-state index contributed by atoms with van der Waals surface area (Å²) in [6.45, 7) is 0.934. The lowest BCUT2D eigenvalue weighted by molar-refractivity contribution is -0.137. The molecular weight excluding hydrogens is 401 g/mol. The van der Waals surface area contributed by atoms with Crippen molar-refractivity contribution in [1.82, 2.24) is 15.5 Å². The molecule has 7 nitrogen and oxygen atoms in total. The number of carbonyl (C=O) groups is 2. The van der Waals surface area contributed by atoms with E-state index in [9.17, 15) is 22.8 Å². The molecule has 0 aromatic heterocycles. The fraction of sp³-hybridized carbons (Fsp3) is 0.250. The lowest BCUT2D eigenvalue weighted by atomic mass is 10.1. The minimum Gasteiger partial charge on any atom is -0.327 e. The van der Waals surface area contributed by atoms with E-state index < -0.39 is 29.5 Å². The normalized spacial score (nSPS) is 22.4. The van der Waals surface area contributed by atoms with Crippen molar-refractivity contribution in [3.05, 3.63) is 59.7 Å². The van der Waals surface area contributed by atoms with E-state index in [1.54, 1.807) is 4.90 Å². The Labute approximate surface area is 169 Å². The smallest absolute Gasteiger partial charge is 0.327 e. The lowest BCUT2D eigenvalue weighted by Gasteiger charge is -2.49. The van der Waals surface area contributed by atoms with Gasteiger partial charge in [0.25, 0.3) is 5.91 Å². The number of halogens is 3. The van der Waals surface area contributed by atoms with Crippen molar-refractivity contribution in [3.63, 3.8) is 0 Å². The highest BCUT2D eigenvalue weighted by Gasteiger charge is 2.60. The third kappa shape index (κ3) is 2.60. The molecule has 0 aliphatic carbocycles. The van der Waals surface area contributed by atoms with Crippen LogP contribution in [0.2, 0.25) is 0 Å². The lowest BCUT2D eigenvalue weighted by Crippen LogP contribution is -2.77. The summed E-state index contributed by atoms with van der Waals surface area (Å²) in [5.41, 5.74) is 0.492. The van der Waals surface area contributed by atoms with Crippen LogP contribution in [-0.2, 0) is 17.5 Å². The number of urea groups is 1. The average Bonchev–Trinajstić information content (AvgIpc) is 3.11. The fourth-order valence-corrected chi connectivity index (χ4v) is 4.21. The van der Waals surface area contributed by atoms with Crippen molar-refractivity contribution in [2.24, 2.45) is 4.99 Å². The van der Waals surface area contributed by atoms with E-state index in [0.29, 0.717) is 18.8 Å². The zero-order valence-corrected chi connectivity index (χ0v) is 15.5. The molecule has 2 N–H and O–H groups in total. The van der Waals surface area contributed by atoms with Crippen molar-refractivity contribution in [2.75, 3.05) is 18.0 Å². The van der Waals surface area contributed by atoms with Crippen molar-refractivity contribution >= 4 is 29.0 Å². The number of hydrogen-bond donors (Lipinski definition) is 2. The number of benzene rings is 2. The number of amides is 3. The van der Waals surface area contributed by atoms with Gasteiger partial charge in [-0.3, -0.25) is 20.3 Å². The second-order valence-corrected chi connectivity index (χ2v) is 7.24. The molecular formula is C20H16F3N5O2. The number of rotatable bonds is 3. The van der Waals surface area contributed by atoms with Crippen LogP contribution in [0.15, 0.2) is 53.5 Å². The van der Waals surface area contributed by atoms with Gasteiger partial charge < -0.3 is 4.90 Å². The molecule has 3 heterocycles. The highest BCUT2D eigenvalue weighted by molar-refractivity contribution is 6.47. The Morgan fingerprint density at radius 3 is 2.53 bits per heavy atom. The Balaban J connectivity index is 1.64. The third-order valence-corrected chi connectivity index (χ3v) is 5.55. The maximum atomic E-state index is 13.2. The van der Waals surface area contributed by atoms with Gasteiger partial charge in [-0.1, -0.05) is 30.3 Å². The summed E-state index contributed by atoms with van der Waals surface area (Å²) in [6, 6.07) is 12.1. The Kier molecular flexibility index (Phi) is 3.91. The first-order chi connectivity index (χ1) is 14.3. The highest BCUT2D eigenvalue weighted by Crippen LogP contribution is 2.45. The Morgan fingerprint density at radius 2 is 1.80 bits per heavy atom. The SMILES string of the molecule is O=C1NC(=O)N2CCN3c4ccc(C(F)(F)F)cc4N=[13C]1C23[15NH]Cc1ccccc1. The van der Waals surface area contributed by atoms with Crippen LogP contribution in [0.5, 0.6) is 0 Å². The Hall–Kier alpha value is -3.40. The number of hydrogen-bond acceptors (Lipinski definition) is 5. The van der Waals surface area contributed by atoms with Crippen molar-refractivity contribution < 1.29 is 22.8 Å². The maximum Gasteiger partial charge on any atom is 0.416 e. The van der Waals surface area contributed by atoms with E-state index >= 15 is 0 Å². The highest BCUT2D eigenvalue weighted by atomic mass is 19.4. The van der Waals surface area contributed by atoms with Gasteiger partial charge in [-0.15, -0.1) is 0 Å². The first kappa shape index (κ1) is 18.6. The summed E-state index contributed by atoms with van der Waals surface area (Å²) in [4.78, 5) is 32.7. The molecule has 10 heteroatoms. The zero-order valence-electron chi connectivity index (χ0n) is 15.5. The number of nitrogens with one attached hydrogen (secondary N) is 2. The minimum absolute atomic E-state index is 0.0447. The number of nitrogens with zero attached hydrogens (tertiary/aromatic N) is 3.